The molecule has 1 heterocycles. The second-order valence-electron chi connectivity index (χ2n) is 4.67. The van der Waals surface area contributed by atoms with Crippen LogP contribution in [0.2, 0.25) is 0 Å². The average Bonchev–Trinajstić information content (AvgIpc) is 3.09. The number of carbonyl (C=O) groups is 2. The molecule has 0 spiro atoms. The van der Waals surface area contributed by atoms with Crippen LogP contribution in [0.3, 0.4) is 0 Å². The van der Waals surface area contributed by atoms with Gasteiger partial charge in [0.25, 0.3) is 0 Å². The van der Waals surface area contributed by atoms with Crippen LogP contribution in [-0.4, -0.2) is 41.1 Å². The predicted octanol–water partition coefficient (Wildman–Crippen LogP) is 1.05. The SMILES string of the molecule is O=C(O)C1CCCCN1C(=O)NCC1CC1. The van der Waals surface area contributed by atoms with Crippen molar-refractivity contribution in [1.82, 2.24) is 10.2 Å². The van der Waals surface area contributed by atoms with Crippen LogP contribution in [0.15, 0.2) is 0 Å². The quantitative estimate of drug-likeness (QED) is 0.755. The van der Waals surface area contributed by atoms with Gasteiger partial charge in [0.1, 0.15) is 6.04 Å². The molecular formula is C11H18N2O3. The van der Waals surface area contributed by atoms with Crippen molar-refractivity contribution in [2.45, 2.75) is 38.1 Å². The van der Waals surface area contributed by atoms with Gasteiger partial charge >= 0.3 is 12.0 Å². The number of carboxylic acid groups (broad SMARTS) is 1. The van der Waals surface area contributed by atoms with Crippen molar-refractivity contribution in [2.75, 3.05) is 13.1 Å². The Kier molecular flexibility index (Phi) is 3.31. The maximum atomic E-state index is 11.8. The standard InChI is InChI=1S/C11H18N2O3/c14-10(15)9-3-1-2-6-13(9)11(16)12-7-8-4-5-8/h8-9H,1-7H2,(H,12,16)(H,14,15). The van der Waals surface area contributed by atoms with Crippen LogP contribution in [0.4, 0.5) is 4.79 Å². The number of rotatable bonds is 3. The van der Waals surface area contributed by atoms with E-state index in [0.717, 1.165) is 12.8 Å². The Hall–Kier alpha value is -1.26. The molecule has 0 aromatic rings. The van der Waals surface area contributed by atoms with E-state index in [4.69, 9.17) is 5.11 Å². The van der Waals surface area contributed by atoms with Gasteiger partial charge in [-0.15, -0.1) is 0 Å². The van der Waals surface area contributed by atoms with E-state index in [0.29, 0.717) is 25.4 Å². The zero-order valence-corrected chi connectivity index (χ0v) is 9.32. The van der Waals surface area contributed by atoms with Gasteiger partial charge in [0.2, 0.25) is 0 Å². The molecule has 16 heavy (non-hydrogen) atoms. The van der Waals surface area contributed by atoms with Crippen LogP contribution in [0.25, 0.3) is 0 Å². The van der Waals surface area contributed by atoms with Crippen LogP contribution >= 0.6 is 0 Å². The molecule has 1 aliphatic carbocycles. The third-order valence-corrected chi connectivity index (χ3v) is 3.29. The molecule has 2 amide bonds. The number of hydrogen-bond donors (Lipinski definition) is 2. The van der Waals surface area contributed by atoms with Crippen LogP contribution in [-0.2, 0) is 4.79 Å². The molecule has 2 N–H and O–H groups in total. The number of hydrogen-bond acceptors (Lipinski definition) is 2. The Morgan fingerprint density at radius 1 is 1.25 bits per heavy atom. The van der Waals surface area contributed by atoms with Crippen molar-refractivity contribution in [2.24, 2.45) is 5.92 Å². The van der Waals surface area contributed by atoms with Gasteiger partial charge in [-0.25, -0.2) is 9.59 Å². The third kappa shape index (κ3) is 2.65. The van der Waals surface area contributed by atoms with E-state index >= 15 is 0 Å². The van der Waals surface area contributed by atoms with E-state index in [1.807, 2.05) is 0 Å². The number of piperidine rings is 1. The lowest BCUT2D eigenvalue weighted by Crippen LogP contribution is -2.52. The van der Waals surface area contributed by atoms with Crippen molar-refractivity contribution in [3.63, 3.8) is 0 Å². The molecule has 1 aliphatic heterocycles. The fourth-order valence-electron chi connectivity index (χ4n) is 2.09. The first-order chi connectivity index (χ1) is 7.68. The minimum atomic E-state index is -0.888. The molecule has 1 unspecified atom stereocenters. The van der Waals surface area contributed by atoms with Crippen molar-refractivity contribution >= 4 is 12.0 Å². The largest absolute Gasteiger partial charge is 0.480 e. The summed E-state index contributed by atoms with van der Waals surface area (Å²) < 4.78 is 0. The molecule has 0 bridgehead atoms. The van der Waals surface area contributed by atoms with Crippen LogP contribution in [0.5, 0.6) is 0 Å². The van der Waals surface area contributed by atoms with Crippen LogP contribution in [0.1, 0.15) is 32.1 Å². The van der Waals surface area contributed by atoms with Crippen molar-refractivity contribution in [1.29, 1.82) is 0 Å². The molecule has 0 radical (unpaired) electrons. The molecule has 5 heteroatoms. The van der Waals surface area contributed by atoms with Gasteiger partial charge in [0.15, 0.2) is 0 Å². The zero-order chi connectivity index (χ0) is 11.5. The first kappa shape index (κ1) is 11.2. The summed E-state index contributed by atoms with van der Waals surface area (Å²) in [5, 5.41) is 11.8. The second-order valence-corrected chi connectivity index (χ2v) is 4.67. The van der Waals surface area contributed by atoms with Gasteiger partial charge < -0.3 is 15.3 Å². The smallest absolute Gasteiger partial charge is 0.326 e. The molecule has 90 valence electrons. The van der Waals surface area contributed by atoms with Crippen LogP contribution in [0, 0.1) is 5.92 Å². The molecule has 1 saturated carbocycles. The number of aliphatic carboxylic acids is 1. The van der Waals surface area contributed by atoms with E-state index in [-0.39, 0.29) is 6.03 Å². The zero-order valence-electron chi connectivity index (χ0n) is 9.32. The summed E-state index contributed by atoms with van der Waals surface area (Å²) in [5.41, 5.74) is 0. The number of nitrogens with zero attached hydrogens (tertiary/aromatic N) is 1. The van der Waals surface area contributed by atoms with Gasteiger partial charge in [-0.3, -0.25) is 0 Å². The summed E-state index contributed by atoms with van der Waals surface area (Å²) in [4.78, 5) is 24.3. The maximum absolute atomic E-state index is 11.8. The summed E-state index contributed by atoms with van der Waals surface area (Å²) in [6.45, 7) is 1.26. The third-order valence-electron chi connectivity index (χ3n) is 3.29. The highest BCUT2D eigenvalue weighted by Gasteiger charge is 2.32. The average molecular weight is 226 g/mol. The van der Waals surface area contributed by atoms with E-state index < -0.39 is 12.0 Å². The topological polar surface area (TPSA) is 69.6 Å². The Balaban J connectivity index is 1.87. The van der Waals surface area contributed by atoms with Gasteiger partial charge in [-0.05, 0) is 38.0 Å². The summed E-state index contributed by atoms with van der Waals surface area (Å²) >= 11 is 0. The van der Waals surface area contributed by atoms with Gasteiger partial charge in [0, 0.05) is 13.1 Å². The summed E-state index contributed by atoms with van der Waals surface area (Å²) in [7, 11) is 0. The summed E-state index contributed by atoms with van der Waals surface area (Å²) in [6.07, 6.45) is 4.74. The number of carbonyl (C=O) groups excluding carboxylic acids is 1. The molecule has 2 rings (SSSR count). The number of amides is 2. The molecule has 2 aliphatic rings. The van der Waals surface area contributed by atoms with Crippen molar-refractivity contribution in [3.05, 3.63) is 0 Å². The van der Waals surface area contributed by atoms with E-state index in [1.54, 1.807) is 0 Å². The highest BCUT2D eigenvalue weighted by molar-refractivity contribution is 5.82. The molecule has 0 aromatic carbocycles. The van der Waals surface area contributed by atoms with Gasteiger partial charge in [-0.2, -0.15) is 0 Å². The molecule has 1 atom stereocenters. The van der Waals surface area contributed by atoms with Gasteiger partial charge in [-0.1, -0.05) is 0 Å². The minimum Gasteiger partial charge on any atom is -0.480 e. The molecule has 0 aromatic heterocycles. The first-order valence-electron chi connectivity index (χ1n) is 5.96. The molecule has 2 fully saturated rings. The minimum absolute atomic E-state index is 0.209. The second kappa shape index (κ2) is 4.72. The first-order valence-corrected chi connectivity index (χ1v) is 5.96. The molecular weight excluding hydrogens is 208 g/mol. The summed E-state index contributed by atoms with van der Waals surface area (Å²) in [5.74, 6) is -0.265. The van der Waals surface area contributed by atoms with E-state index in [1.165, 1.54) is 17.7 Å². The Morgan fingerprint density at radius 3 is 2.62 bits per heavy atom. The van der Waals surface area contributed by atoms with Crippen LogP contribution < -0.4 is 5.32 Å². The number of carboxylic acids is 1. The lowest BCUT2D eigenvalue weighted by molar-refractivity contribution is -0.143. The fraction of sp³-hybridized carbons (Fsp3) is 0.818. The Bertz CT molecular complexity index is 289. The highest BCUT2D eigenvalue weighted by atomic mass is 16.4. The van der Waals surface area contributed by atoms with Gasteiger partial charge in [0.05, 0.1) is 0 Å². The molecule has 1 saturated heterocycles. The number of urea groups is 1. The fourth-order valence-corrected chi connectivity index (χ4v) is 2.09. The molecule has 5 nitrogen and oxygen atoms in total. The van der Waals surface area contributed by atoms with Crippen molar-refractivity contribution in [3.8, 4) is 0 Å². The lowest BCUT2D eigenvalue weighted by atomic mass is 10.0. The summed E-state index contributed by atoms with van der Waals surface area (Å²) in [6, 6.07) is -0.841. The Morgan fingerprint density at radius 2 is 2.00 bits per heavy atom. The number of nitrogens with one attached hydrogen (secondary N) is 1. The number of likely N-dealkylation sites (tertiary alicyclic amines) is 1. The Labute approximate surface area is 94.8 Å². The normalized spacial score (nSPS) is 25.2. The lowest BCUT2D eigenvalue weighted by Gasteiger charge is -2.32. The van der Waals surface area contributed by atoms with Crippen molar-refractivity contribution < 1.29 is 14.7 Å². The van der Waals surface area contributed by atoms with E-state index in [2.05, 4.69) is 5.32 Å². The predicted molar refractivity (Wildman–Crippen MR) is 58.1 cm³/mol. The highest BCUT2D eigenvalue weighted by Crippen LogP contribution is 2.27. The monoisotopic (exact) mass is 226 g/mol. The maximum Gasteiger partial charge on any atom is 0.326 e. The van der Waals surface area contributed by atoms with E-state index in [9.17, 15) is 9.59 Å².